The summed E-state index contributed by atoms with van der Waals surface area (Å²) in [6.07, 6.45) is 0.911. The Balaban J connectivity index is 2.01. The quantitative estimate of drug-likeness (QED) is 0.790. The van der Waals surface area contributed by atoms with Crippen LogP contribution < -0.4 is 11.1 Å². The fourth-order valence-corrected chi connectivity index (χ4v) is 2.30. The highest BCUT2D eigenvalue weighted by molar-refractivity contribution is 5.17. The number of piperazine rings is 1. The first-order valence-corrected chi connectivity index (χ1v) is 5.97. The summed E-state index contributed by atoms with van der Waals surface area (Å²) in [5, 5.41) is 3.35. The number of nitrogens with zero attached hydrogens (tertiary/aromatic N) is 1. The van der Waals surface area contributed by atoms with E-state index in [2.05, 4.69) is 41.4 Å². The molecule has 1 saturated heterocycles. The molecule has 1 fully saturated rings. The Morgan fingerprint density at radius 3 is 2.50 bits per heavy atom. The summed E-state index contributed by atoms with van der Waals surface area (Å²) in [6.45, 7) is 6.30. The monoisotopic (exact) mass is 219 g/mol. The van der Waals surface area contributed by atoms with Crippen molar-refractivity contribution in [2.45, 2.75) is 19.0 Å². The molecule has 3 N–H and O–H groups in total. The molecule has 0 aromatic heterocycles. The van der Waals surface area contributed by atoms with Crippen molar-refractivity contribution in [1.29, 1.82) is 0 Å². The minimum atomic E-state index is -0.233. The van der Waals surface area contributed by atoms with Gasteiger partial charge in [0.1, 0.15) is 0 Å². The van der Waals surface area contributed by atoms with E-state index in [1.54, 1.807) is 0 Å². The van der Waals surface area contributed by atoms with Gasteiger partial charge in [0.2, 0.25) is 0 Å². The average molecular weight is 219 g/mol. The number of benzene rings is 1. The van der Waals surface area contributed by atoms with Crippen molar-refractivity contribution in [3.8, 4) is 0 Å². The lowest BCUT2D eigenvalue weighted by atomic mass is 10.00. The van der Waals surface area contributed by atoms with Crippen LogP contribution in [0.15, 0.2) is 30.3 Å². The van der Waals surface area contributed by atoms with Gasteiger partial charge in [0.15, 0.2) is 0 Å². The third kappa shape index (κ3) is 2.82. The van der Waals surface area contributed by atoms with Crippen LogP contribution in [0.3, 0.4) is 0 Å². The molecule has 1 aromatic rings. The van der Waals surface area contributed by atoms with E-state index in [4.69, 9.17) is 5.73 Å². The zero-order chi connectivity index (χ0) is 11.4. The second-order valence-corrected chi connectivity index (χ2v) is 4.76. The molecule has 88 valence electrons. The molecule has 16 heavy (non-hydrogen) atoms. The second-order valence-electron chi connectivity index (χ2n) is 4.76. The maximum Gasteiger partial charge on any atom is 0.0700 e. The number of nitrogens with one attached hydrogen (secondary N) is 1. The van der Waals surface area contributed by atoms with Crippen molar-refractivity contribution in [3.63, 3.8) is 0 Å². The molecule has 1 heterocycles. The summed E-state index contributed by atoms with van der Waals surface area (Å²) in [5.74, 6) is 0. The lowest BCUT2D eigenvalue weighted by Gasteiger charge is -2.41. The molecule has 1 atom stereocenters. The van der Waals surface area contributed by atoms with Crippen molar-refractivity contribution in [2.75, 3.05) is 26.2 Å². The summed E-state index contributed by atoms with van der Waals surface area (Å²) in [7, 11) is 0. The Labute approximate surface area is 97.6 Å². The molecule has 0 spiro atoms. The molecule has 0 saturated carbocycles. The maximum atomic E-state index is 6.42. The molecule has 1 aromatic carbocycles. The summed E-state index contributed by atoms with van der Waals surface area (Å²) in [6, 6.07) is 10.5. The van der Waals surface area contributed by atoms with Gasteiger partial charge in [-0.3, -0.25) is 4.90 Å². The molecule has 1 unspecified atom stereocenters. The van der Waals surface area contributed by atoms with E-state index in [-0.39, 0.29) is 5.66 Å². The van der Waals surface area contributed by atoms with E-state index in [1.165, 1.54) is 5.56 Å². The molecule has 0 amide bonds. The van der Waals surface area contributed by atoms with Crippen LogP contribution in [0.1, 0.15) is 12.5 Å². The van der Waals surface area contributed by atoms with Gasteiger partial charge in [-0.15, -0.1) is 0 Å². The summed E-state index contributed by atoms with van der Waals surface area (Å²) in [5.41, 5.74) is 7.50. The first kappa shape index (κ1) is 11.6. The number of hydrogen-bond acceptors (Lipinski definition) is 3. The molecular weight excluding hydrogens is 198 g/mol. The van der Waals surface area contributed by atoms with Crippen LogP contribution in [-0.2, 0) is 6.42 Å². The Kier molecular flexibility index (Phi) is 3.59. The van der Waals surface area contributed by atoms with Crippen LogP contribution in [0.5, 0.6) is 0 Å². The van der Waals surface area contributed by atoms with Gasteiger partial charge < -0.3 is 11.1 Å². The van der Waals surface area contributed by atoms with Gasteiger partial charge in [-0.05, 0) is 12.5 Å². The second kappa shape index (κ2) is 4.95. The van der Waals surface area contributed by atoms with Gasteiger partial charge in [-0.25, -0.2) is 0 Å². The van der Waals surface area contributed by atoms with Gasteiger partial charge in [0, 0.05) is 32.6 Å². The molecule has 0 radical (unpaired) electrons. The fourth-order valence-electron chi connectivity index (χ4n) is 2.30. The number of rotatable bonds is 3. The molecule has 3 nitrogen and oxygen atoms in total. The van der Waals surface area contributed by atoms with Crippen molar-refractivity contribution in [3.05, 3.63) is 35.9 Å². The van der Waals surface area contributed by atoms with Gasteiger partial charge in [0.25, 0.3) is 0 Å². The molecule has 2 rings (SSSR count). The number of nitrogens with two attached hydrogens (primary N) is 1. The van der Waals surface area contributed by atoms with Gasteiger partial charge >= 0.3 is 0 Å². The van der Waals surface area contributed by atoms with Crippen LogP contribution in [0.4, 0.5) is 0 Å². The molecular formula is C13H21N3. The smallest absolute Gasteiger partial charge is 0.0700 e. The van der Waals surface area contributed by atoms with Crippen LogP contribution >= 0.6 is 0 Å². The number of hydrogen-bond donors (Lipinski definition) is 2. The molecule has 0 bridgehead atoms. The Morgan fingerprint density at radius 1 is 1.25 bits per heavy atom. The third-order valence-electron chi connectivity index (χ3n) is 3.24. The Hall–Kier alpha value is -0.900. The van der Waals surface area contributed by atoms with Gasteiger partial charge in [-0.2, -0.15) is 0 Å². The molecule has 0 aliphatic carbocycles. The largest absolute Gasteiger partial charge is 0.314 e. The molecule has 3 heteroatoms. The highest BCUT2D eigenvalue weighted by Gasteiger charge is 2.28. The van der Waals surface area contributed by atoms with E-state index in [9.17, 15) is 0 Å². The van der Waals surface area contributed by atoms with Crippen molar-refractivity contribution in [2.24, 2.45) is 5.73 Å². The van der Waals surface area contributed by atoms with Crippen LogP contribution in [0.2, 0.25) is 0 Å². The summed E-state index contributed by atoms with van der Waals surface area (Å²) >= 11 is 0. The van der Waals surface area contributed by atoms with E-state index in [0.29, 0.717) is 0 Å². The zero-order valence-corrected chi connectivity index (χ0v) is 9.95. The Bertz CT molecular complexity index is 315. The summed E-state index contributed by atoms with van der Waals surface area (Å²) in [4.78, 5) is 2.37. The van der Waals surface area contributed by atoms with Crippen LogP contribution in [0.25, 0.3) is 0 Å². The SMILES string of the molecule is CC(N)(Cc1ccccc1)N1CCNCC1. The maximum absolute atomic E-state index is 6.42. The molecule has 1 aliphatic rings. The highest BCUT2D eigenvalue weighted by Crippen LogP contribution is 2.15. The fraction of sp³-hybridized carbons (Fsp3) is 0.538. The standard InChI is InChI=1S/C13H21N3/c1-13(14,16-9-7-15-8-10-16)11-12-5-3-2-4-6-12/h2-6,15H,7-11,14H2,1H3. The predicted octanol–water partition coefficient (Wildman–Crippen LogP) is 0.809. The van der Waals surface area contributed by atoms with E-state index < -0.39 is 0 Å². The Morgan fingerprint density at radius 2 is 1.88 bits per heavy atom. The lowest BCUT2D eigenvalue weighted by Crippen LogP contribution is -2.60. The van der Waals surface area contributed by atoms with E-state index >= 15 is 0 Å². The average Bonchev–Trinajstić information content (AvgIpc) is 2.31. The summed E-state index contributed by atoms with van der Waals surface area (Å²) < 4.78 is 0. The van der Waals surface area contributed by atoms with E-state index in [1.807, 2.05) is 6.07 Å². The van der Waals surface area contributed by atoms with Crippen molar-refractivity contribution < 1.29 is 0 Å². The predicted molar refractivity (Wildman–Crippen MR) is 67.2 cm³/mol. The van der Waals surface area contributed by atoms with Crippen LogP contribution in [-0.4, -0.2) is 36.7 Å². The minimum Gasteiger partial charge on any atom is -0.314 e. The first-order chi connectivity index (χ1) is 7.68. The lowest BCUT2D eigenvalue weighted by molar-refractivity contribution is 0.0932. The third-order valence-corrected chi connectivity index (χ3v) is 3.24. The first-order valence-electron chi connectivity index (χ1n) is 5.97. The molecule has 1 aliphatic heterocycles. The zero-order valence-electron chi connectivity index (χ0n) is 9.95. The van der Waals surface area contributed by atoms with Crippen LogP contribution in [0, 0.1) is 0 Å². The van der Waals surface area contributed by atoms with Crippen molar-refractivity contribution in [1.82, 2.24) is 10.2 Å². The van der Waals surface area contributed by atoms with E-state index in [0.717, 1.165) is 32.6 Å². The van der Waals surface area contributed by atoms with Gasteiger partial charge in [0.05, 0.1) is 5.66 Å². The minimum absolute atomic E-state index is 0.233. The normalized spacial score (nSPS) is 21.6. The topological polar surface area (TPSA) is 41.3 Å². The highest BCUT2D eigenvalue weighted by atomic mass is 15.3. The van der Waals surface area contributed by atoms with Crippen molar-refractivity contribution >= 4 is 0 Å². The van der Waals surface area contributed by atoms with Gasteiger partial charge in [-0.1, -0.05) is 30.3 Å².